The lowest BCUT2D eigenvalue weighted by atomic mass is 9.72. The molecule has 7 rings (SSSR count). The van der Waals surface area contributed by atoms with E-state index in [2.05, 4.69) is 110 Å². The summed E-state index contributed by atoms with van der Waals surface area (Å²) >= 11 is 0. The number of nitrogens with zero attached hydrogens (tertiary/aromatic N) is 6. The molecule has 3 aromatic carbocycles. The first-order valence-corrected chi connectivity index (χ1v) is 16.5. The molecular weight excluding hydrogens is 606 g/mol. The minimum atomic E-state index is -0.203. The lowest BCUT2D eigenvalue weighted by Crippen LogP contribution is -2.27. The molecule has 1 aliphatic heterocycles. The summed E-state index contributed by atoms with van der Waals surface area (Å²) in [4.78, 5) is 2.60. The topological polar surface area (TPSA) is 140 Å². The van der Waals surface area contributed by atoms with E-state index in [1.54, 1.807) is 14.2 Å². The van der Waals surface area contributed by atoms with E-state index in [4.69, 9.17) is 24.5 Å². The number of tetrazole rings is 1. The summed E-state index contributed by atoms with van der Waals surface area (Å²) < 4.78 is 25.0. The minimum absolute atomic E-state index is 0.0516. The van der Waals surface area contributed by atoms with Crippen molar-refractivity contribution in [2.45, 2.75) is 97.3 Å². The average Bonchev–Trinajstić information content (AvgIpc) is 3.72. The summed E-state index contributed by atoms with van der Waals surface area (Å²) in [5.74, 6) is 4.78. The molecule has 11 nitrogen and oxygen atoms in total. The van der Waals surface area contributed by atoms with Gasteiger partial charge in [-0.15, -0.1) is 10.2 Å². The van der Waals surface area contributed by atoms with E-state index >= 15 is 0 Å². The second-order valence-corrected chi connectivity index (χ2v) is 14.5. The zero-order valence-electron chi connectivity index (χ0n) is 29.7. The Balaban J connectivity index is 0.000000519. The van der Waals surface area contributed by atoms with E-state index in [0.717, 1.165) is 65.2 Å². The maximum Gasteiger partial charge on any atom is 0.208 e. The SMILES string of the molecule is CCCCN=[N+]=[N-].COc1cc2c(cc1OC)C1(CC2(C)C)CC(C)(C)c2cc3c(cc21)Oc1c(c(C)c(C)c(C)c1-c1nn[nH]n1)O3. The summed E-state index contributed by atoms with van der Waals surface area (Å²) in [5, 5.41) is 18.3. The van der Waals surface area contributed by atoms with E-state index in [0.29, 0.717) is 29.6 Å². The van der Waals surface area contributed by atoms with Crippen molar-refractivity contribution in [3.05, 3.63) is 73.7 Å². The minimum Gasteiger partial charge on any atom is -0.493 e. The molecule has 0 saturated heterocycles. The third-order valence-corrected chi connectivity index (χ3v) is 10.5. The zero-order valence-corrected chi connectivity index (χ0v) is 29.7. The van der Waals surface area contributed by atoms with Gasteiger partial charge in [-0.25, -0.2) is 0 Å². The predicted molar refractivity (Wildman–Crippen MR) is 185 cm³/mol. The van der Waals surface area contributed by atoms with Crippen LogP contribution in [-0.4, -0.2) is 41.4 Å². The van der Waals surface area contributed by atoms with Gasteiger partial charge in [0.2, 0.25) is 5.82 Å². The van der Waals surface area contributed by atoms with Crippen molar-refractivity contribution in [2.24, 2.45) is 5.11 Å². The Morgan fingerprint density at radius 1 is 0.833 bits per heavy atom. The highest BCUT2D eigenvalue weighted by Crippen LogP contribution is 2.66. The molecule has 1 atom stereocenters. The zero-order chi connectivity index (χ0) is 34.6. The van der Waals surface area contributed by atoms with Gasteiger partial charge in [0.05, 0.1) is 19.8 Å². The number of nitrogens with one attached hydrogen (secondary N) is 1. The average molecular weight is 652 g/mol. The number of hydrogen-bond donors (Lipinski definition) is 1. The number of azide groups is 1. The van der Waals surface area contributed by atoms with Crippen LogP contribution in [0.4, 0.5) is 0 Å². The first kappa shape index (κ1) is 33.2. The number of aromatic nitrogens is 4. The lowest BCUT2D eigenvalue weighted by Gasteiger charge is -2.31. The Hall–Kier alpha value is -4.76. The number of methoxy groups -OCH3 is 2. The molecule has 0 saturated carbocycles. The highest BCUT2D eigenvalue weighted by atomic mass is 16.6. The molecule has 2 heterocycles. The summed E-state index contributed by atoms with van der Waals surface area (Å²) in [7, 11) is 3.40. The molecule has 1 unspecified atom stereocenters. The van der Waals surface area contributed by atoms with E-state index in [-0.39, 0.29) is 16.2 Å². The van der Waals surface area contributed by atoms with Crippen LogP contribution >= 0.6 is 0 Å². The summed E-state index contributed by atoms with van der Waals surface area (Å²) in [5.41, 5.74) is 16.6. The van der Waals surface area contributed by atoms with Gasteiger partial charge in [0, 0.05) is 16.9 Å². The predicted octanol–water partition coefficient (Wildman–Crippen LogP) is 9.45. The Bertz CT molecular complexity index is 1940. The third kappa shape index (κ3) is 5.12. The number of H-pyrrole nitrogens is 1. The summed E-state index contributed by atoms with van der Waals surface area (Å²) in [6.45, 7) is 18.3. The normalized spacial score (nSPS) is 18.6. The quantitative estimate of drug-likeness (QED) is 0.0834. The van der Waals surface area contributed by atoms with Gasteiger partial charge >= 0.3 is 0 Å². The number of aromatic amines is 1. The molecule has 0 fully saturated rings. The second kappa shape index (κ2) is 12.0. The van der Waals surface area contributed by atoms with Crippen molar-refractivity contribution in [3.8, 4) is 45.9 Å². The van der Waals surface area contributed by atoms with Crippen molar-refractivity contribution < 1.29 is 18.9 Å². The van der Waals surface area contributed by atoms with Gasteiger partial charge in [-0.1, -0.05) is 46.2 Å². The highest BCUT2D eigenvalue weighted by Gasteiger charge is 2.57. The molecular formula is C37H45N7O4. The molecule has 0 amide bonds. The van der Waals surface area contributed by atoms with Crippen LogP contribution in [0.15, 0.2) is 29.4 Å². The maximum atomic E-state index is 7.75. The summed E-state index contributed by atoms with van der Waals surface area (Å²) in [6.07, 6.45) is 4.05. The second-order valence-electron chi connectivity index (χ2n) is 14.5. The van der Waals surface area contributed by atoms with Crippen LogP contribution in [-0.2, 0) is 16.2 Å². The monoisotopic (exact) mass is 651 g/mol. The van der Waals surface area contributed by atoms with Crippen molar-refractivity contribution in [2.75, 3.05) is 20.8 Å². The van der Waals surface area contributed by atoms with E-state index in [1.807, 2.05) is 0 Å². The Morgan fingerprint density at radius 3 is 1.96 bits per heavy atom. The fourth-order valence-electron chi connectivity index (χ4n) is 8.14. The number of rotatable bonds is 6. The summed E-state index contributed by atoms with van der Waals surface area (Å²) in [6, 6.07) is 8.79. The van der Waals surface area contributed by atoms with Crippen LogP contribution in [0.2, 0.25) is 0 Å². The number of unbranched alkanes of at least 4 members (excludes halogenated alkanes) is 1. The van der Waals surface area contributed by atoms with Crippen LogP contribution < -0.4 is 18.9 Å². The molecule has 48 heavy (non-hydrogen) atoms. The first-order valence-electron chi connectivity index (χ1n) is 16.5. The third-order valence-electron chi connectivity index (χ3n) is 10.5. The number of hydrogen-bond acceptors (Lipinski definition) is 8. The molecule has 3 aliphatic rings. The molecule has 0 radical (unpaired) electrons. The number of benzene rings is 3. The van der Waals surface area contributed by atoms with Gasteiger partial charge in [0.1, 0.15) is 0 Å². The van der Waals surface area contributed by atoms with Crippen LogP contribution in [0.25, 0.3) is 21.8 Å². The molecule has 2 aliphatic carbocycles. The molecule has 252 valence electrons. The van der Waals surface area contributed by atoms with E-state index in [9.17, 15) is 0 Å². The molecule has 11 heteroatoms. The smallest absolute Gasteiger partial charge is 0.208 e. The van der Waals surface area contributed by atoms with Gasteiger partial charge < -0.3 is 18.9 Å². The Labute approximate surface area is 282 Å². The Morgan fingerprint density at radius 2 is 1.40 bits per heavy atom. The van der Waals surface area contributed by atoms with Crippen LogP contribution in [0, 0.1) is 20.8 Å². The largest absolute Gasteiger partial charge is 0.493 e. The van der Waals surface area contributed by atoms with Gasteiger partial charge in [-0.05, 0) is 125 Å². The molecule has 1 N–H and O–H groups in total. The van der Waals surface area contributed by atoms with Crippen LogP contribution in [0.1, 0.15) is 99.2 Å². The number of fused-ring (bicyclic) bond motifs is 6. The van der Waals surface area contributed by atoms with Gasteiger partial charge in [-0.2, -0.15) is 5.21 Å². The van der Waals surface area contributed by atoms with Crippen LogP contribution in [0.3, 0.4) is 0 Å². The standard InChI is InChI=1S/C33H36N4O4.C4H9N3/c1-16-17(2)27(30-34-36-37-35-30)29-28(18(16)3)40-25-11-20-22(13-26(25)41-29)33(15-32(20,6)7)14-31(4,5)19-10-23(38-8)24(39-9)12-21(19)33;1-2-3-4-6-7-5/h10-13H,14-15H2,1-9H3,(H,34,35,36,37);2-4H2,1H3. The Kier molecular flexibility index (Phi) is 8.32. The fourth-order valence-corrected chi connectivity index (χ4v) is 8.14. The molecule has 0 bridgehead atoms. The highest BCUT2D eigenvalue weighted by molar-refractivity contribution is 5.79. The molecule has 4 aromatic rings. The molecule has 1 aromatic heterocycles. The van der Waals surface area contributed by atoms with Crippen molar-refractivity contribution in [1.82, 2.24) is 20.6 Å². The van der Waals surface area contributed by atoms with E-state index < -0.39 is 0 Å². The van der Waals surface area contributed by atoms with Crippen LogP contribution in [0.5, 0.6) is 34.5 Å². The maximum absolute atomic E-state index is 7.75. The van der Waals surface area contributed by atoms with Gasteiger partial charge in [-0.3, -0.25) is 0 Å². The van der Waals surface area contributed by atoms with Crippen molar-refractivity contribution >= 4 is 0 Å². The van der Waals surface area contributed by atoms with Crippen molar-refractivity contribution in [1.29, 1.82) is 0 Å². The van der Waals surface area contributed by atoms with Crippen molar-refractivity contribution in [3.63, 3.8) is 0 Å². The first-order chi connectivity index (χ1) is 22.8. The van der Waals surface area contributed by atoms with Gasteiger partial charge in [0.15, 0.2) is 34.5 Å². The lowest BCUT2D eigenvalue weighted by molar-refractivity contribution is 0.347. The van der Waals surface area contributed by atoms with E-state index in [1.165, 1.54) is 22.3 Å². The number of ether oxygens (including phenoxy) is 4. The molecule has 1 spiro atoms. The van der Waals surface area contributed by atoms with Gasteiger partial charge in [0.25, 0.3) is 0 Å². The fraction of sp³-hybridized carbons (Fsp3) is 0.486.